The average molecular weight is 369 g/mol. The molecule has 0 aliphatic carbocycles. The summed E-state index contributed by atoms with van der Waals surface area (Å²) >= 11 is 0. The van der Waals surface area contributed by atoms with E-state index in [1.807, 2.05) is 37.3 Å². The van der Waals surface area contributed by atoms with E-state index in [0.29, 0.717) is 17.1 Å². The SMILES string of the molecule is COC(=O)C1C(c2ccc3c(c2)OCO3)OC(=O)N1C(C)c1ccccc1. The number of rotatable bonds is 4. The summed E-state index contributed by atoms with van der Waals surface area (Å²) in [4.78, 5) is 26.7. The van der Waals surface area contributed by atoms with E-state index in [9.17, 15) is 9.59 Å². The molecule has 140 valence electrons. The van der Waals surface area contributed by atoms with Crippen molar-refractivity contribution >= 4 is 12.1 Å². The summed E-state index contributed by atoms with van der Waals surface area (Å²) in [7, 11) is 1.30. The first-order valence-electron chi connectivity index (χ1n) is 8.61. The molecule has 1 fully saturated rings. The molecule has 0 N–H and O–H groups in total. The van der Waals surface area contributed by atoms with Gasteiger partial charge in [0.15, 0.2) is 23.6 Å². The Labute approximate surface area is 156 Å². The Morgan fingerprint density at radius 3 is 2.63 bits per heavy atom. The highest BCUT2D eigenvalue weighted by atomic mass is 16.7. The Bertz CT molecular complexity index is 868. The molecule has 0 spiro atoms. The minimum atomic E-state index is -0.905. The van der Waals surface area contributed by atoms with E-state index in [2.05, 4.69) is 0 Å². The molecular weight excluding hydrogens is 350 g/mol. The summed E-state index contributed by atoms with van der Waals surface area (Å²) in [5, 5.41) is 0. The van der Waals surface area contributed by atoms with Crippen LogP contribution in [0.25, 0.3) is 0 Å². The van der Waals surface area contributed by atoms with Gasteiger partial charge in [-0.1, -0.05) is 36.4 Å². The highest BCUT2D eigenvalue weighted by molar-refractivity contribution is 5.85. The molecule has 7 heteroatoms. The van der Waals surface area contributed by atoms with Gasteiger partial charge in [0.05, 0.1) is 13.2 Å². The van der Waals surface area contributed by atoms with Crippen LogP contribution in [0.15, 0.2) is 48.5 Å². The molecule has 3 unspecified atom stereocenters. The van der Waals surface area contributed by atoms with Crippen molar-refractivity contribution in [2.45, 2.75) is 25.1 Å². The van der Waals surface area contributed by atoms with Crippen LogP contribution in [0.5, 0.6) is 11.5 Å². The van der Waals surface area contributed by atoms with E-state index in [0.717, 1.165) is 5.56 Å². The van der Waals surface area contributed by atoms with Gasteiger partial charge in [0, 0.05) is 0 Å². The predicted molar refractivity (Wildman–Crippen MR) is 94.3 cm³/mol. The van der Waals surface area contributed by atoms with Crippen molar-refractivity contribution in [2.75, 3.05) is 13.9 Å². The zero-order chi connectivity index (χ0) is 19.0. The maximum atomic E-state index is 12.7. The van der Waals surface area contributed by atoms with Gasteiger partial charge < -0.3 is 18.9 Å². The number of nitrogens with zero attached hydrogens (tertiary/aromatic N) is 1. The number of cyclic esters (lactones) is 1. The number of methoxy groups -OCH3 is 1. The largest absolute Gasteiger partial charge is 0.467 e. The third-order valence-corrected chi connectivity index (χ3v) is 4.89. The Kier molecular flexibility index (Phi) is 4.35. The summed E-state index contributed by atoms with van der Waals surface area (Å²) in [6.07, 6.45) is -1.37. The van der Waals surface area contributed by atoms with Crippen molar-refractivity contribution < 1.29 is 28.5 Å². The molecule has 0 radical (unpaired) electrons. The smallest absolute Gasteiger partial charge is 0.411 e. The first kappa shape index (κ1) is 17.2. The summed E-state index contributed by atoms with van der Waals surface area (Å²) in [5.74, 6) is 0.639. The number of hydrogen-bond donors (Lipinski definition) is 0. The molecule has 1 saturated heterocycles. The quantitative estimate of drug-likeness (QED) is 0.771. The van der Waals surface area contributed by atoms with Crippen molar-refractivity contribution in [3.05, 3.63) is 59.7 Å². The number of esters is 1. The molecule has 2 heterocycles. The molecule has 1 amide bonds. The maximum Gasteiger partial charge on any atom is 0.411 e. The van der Waals surface area contributed by atoms with E-state index >= 15 is 0 Å². The Morgan fingerprint density at radius 2 is 1.89 bits per heavy atom. The summed E-state index contributed by atoms with van der Waals surface area (Å²) in [6, 6.07) is 13.4. The minimum absolute atomic E-state index is 0.140. The van der Waals surface area contributed by atoms with Gasteiger partial charge in [0.1, 0.15) is 0 Å². The third kappa shape index (κ3) is 2.95. The Balaban J connectivity index is 1.70. The molecule has 0 bridgehead atoms. The van der Waals surface area contributed by atoms with Gasteiger partial charge in [0.25, 0.3) is 0 Å². The van der Waals surface area contributed by atoms with Crippen molar-refractivity contribution in [1.82, 2.24) is 4.90 Å². The number of fused-ring (bicyclic) bond motifs is 1. The second kappa shape index (κ2) is 6.83. The third-order valence-electron chi connectivity index (χ3n) is 4.89. The van der Waals surface area contributed by atoms with Crippen LogP contribution in [0.2, 0.25) is 0 Å². The van der Waals surface area contributed by atoms with Crippen LogP contribution in [0.1, 0.15) is 30.2 Å². The second-order valence-corrected chi connectivity index (χ2v) is 6.38. The lowest BCUT2D eigenvalue weighted by Crippen LogP contribution is -2.42. The van der Waals surface area contributed by atoms with Gasteiger partial charge in [-0.15, -0.1) is 0 Å². The van der Waals surface area contributed by atoms with Gasteiger partial charge in [0.2, 0.25) is 6.79 Å². The monoisotopic (exact) mass is 369 g/mol. The van der Waals surface area contributed by atoms with Gasteiger partial charge in [-0.3, -0.25) is 4.90 Å². The van der Waals surface area contributed by atoms with Gasteiger partial charge in [-0.2, -0.15) is 0 Å². The number of carbonyl (C=O) groups is 2. The van der Waals surface area contributed by atoms with Crippen LogP contribution < -0.4 is 9.47 Å². The Hall–Kier alpha value is -3.22. The normalized spacial score (nSPS) is 21.7. The zero-order valence-corrected chi connectivity index (χ0v) is 15.0. The summed E-state index contributed by atoms with van der Waals surface area (Å²) in [6.45, 7) is 2.00. The molecule has 2 aliphatic rings. The predicted octanol–water partition coefficient (Wildman–Crippen LogP) is 3.21. The van der Waals surface area contributed by atoms with Crippen LogP contribution in [-0.2, 0) is 14.3 Å². The lowest BCUT2D eigenvalue weighted by Gasteiger charge is -2.28. The topological polar surface area (TPSA) is 74.3 Å². The molecule has 2 aromatic rings. The van der Waals surface area contributed by atoms with Crippen LogP contribution in [0.4, 0.5) is 4.79 Å². The number of benzene rings is 2. The molecular formula is C20H19NO6. The molecule has 7 nitrogen and oxygen atoms in total. The van der Waals surface area contributed by atoms with Gasteiger partial charge >= 0.3 is 12.1 Å². The van der Waals surface area contributed by atoms with Crippen LogP contribution in [-0.4, -0.2) is 36.9 Å². The van der Waals surface area contributed by atoms with Crippen molar-refractivity contribution in [2.24, 2.45) is 0 Å². The molecule has 0 aromatic heterocycles. The molecule has 4 rings (SSSR count). The summed E-state index contributed by atoms with van der Waals surface area (Å²) < 4.78 is 21.3. The second-order valence-electron chi connectivity index (χ2n) is 6.38. The maximum absolute atomic E-state index is 12.7. The summed E-state index contributed by atoms with van der Waals surface area (Å²) in [5.41, 5.74) is 1.54. The van der Waals surface area contributed by atoms with Gasteiger partial charge in [-0.25, -0.2) is 9.59 Å². The molecule has 2 aliphatic heterocycles. The van der Waals surface area contributed by atoms with E-state index in [1.165, 1.54) is 12.0 Å². The van der Waals surface area contributed by atoms with Crippen molar-refractivity contribution in [3.63, 3.8) is 0 Å². The molecule has 0 saturated carbocycles. The fraction of sp³-hybridized carbons (Fsp3) is 0.300. The first-order chi connectivity index (χ1) is 13.1. The zero-order valence-electron chi connectivity index (χ0n) is 15.0. The minimum Gasteiger partial charge on any atom is -0.467 e. The van der Waals surface area contributed by atoms with E-state index in [1.54, 1.807) is 18.2 Å². The highest BCUT2D eigenvalue weighted by Gasteiger charge is 2.50. The number of carbonyl (C=O) groups excluding carboxylic acids is 2. The molecule has 27 heavy (non-hydrogen) atoms. The van der Waals surface area contributed by atoms with Crippen LogP contribution >= 0.6 is 0 Å². The standard InChI is InChI=1S/C20H19NO6/c1-12(13-6-4-3-5-7-13)21-17(19(22)24-2)18(27-20(21)23)14-8-9-15-16(10-14)26-11-25-15/h3-10,12,17-18H,11H2,1-2H3. The van der Waals surface area contributed by atoms with Crippen LogP contribution in [0, 0.1) is 0 Å². The van der Waals surface area contributed by atoms with Crippen molar-refractivity contribution in [3.8, 4) is 11.5 Å². The number of amides is 1. The fourth-order valence-corrected chi connectivity index (χ4v) is 3.48. The Morgan fingerprint density at radius 1 is 1.15 bits per heavy atom. The number of hydrogen-bond acceptors (Lipinski definition) is 6. The van der Waals surface area contributed by atoms with Crippen LogP contribution in [0.3, 0.4) is 0 Å². The van der Waals surface area contributed by atoms with Crippen molar-refractivity contribution in [1.29, 1.82) is 0 Å². The highest BCUT2D eigenvalue weighted by Crippen LogP contribution is 2.42. The number of ether oxygens (including phenoxy) is 4. The van der Waals surface area contributed by atoms with E-state index in [-0.39, 0.29) is 12.8 Å². The molecule has 2 aromatic carbocycles. The fourth-order valence-electron chi connectivity index (χ4n) is 3.48. The lowest BCUT2D eigenvalue weighted by molar-refractivity contribution is -0.147. The average Bonchev–Trinajstić information content (AvgIpc) is 3.31. The van der Waals surface area contributed by atoms with E-state index in [4.69, 9.17) is 18.9 Å². The lowest BCUT2D eigenvalue weighted by atomic mass is 9.99. The molecule has 3 atom stereocenters. The van der Waals surface area contributed by atoms with E-state index < -0.39 is 24.2 Å². The first-order valence-corrected chi connectivity index (χ1v) is 8.61. The van der Waals surface area contributed by atoms with Gasteiger partial charge in [-0.05, 0) is 30.2 Å².